The lowest BCUT2D eigenvalue weighted by Gasteiger charge is -2.33. The first-order chi connectivity index (χ1) is 14.5. The molecule has 0 spiro atoms. The average molecular weight is 413 g/mol. The van der Waals surface area contributed by atoms with Gasteiger partial charge in [0.2, 0.25) is 0 Å². The first-order valence-corrected chi connectivity index (χ1v) is 9.67. The second kappa shape index (κ2) is 7.19. The lowest BCUT2D eigenvalue weighted by Crippen LogP contribution is -2.36. The quantitative estimate of drug-likeness (QED) is 0.658. The highest BCUT2D eigenvalue weighted by atomic mass is 19.4. The second-order valence-electron chi connectivity index (χ2n) is 7.36. The topological polar surface area (TPSA) is 71.6 Å². The number of imidazole rings is 1. The van der Waals surface area contributed by atoms with E-state index in [4.69, 9.17) is 0 Å². The largest absolute Gasteiger partial charge is 0.434 e. The van der Waals surface area contributed by atoms with Crippen LogP contribution in [0.1, 0.15) is 18.5 Å². The summed E-state index contributed by atoms with van der Waals surface area (Å²) in [6.07, 6.45) is 6.82. The van der Waals surface area contributed by atoms with Crippen LogP contribution in [0.2, 0.25) is 0 Å². The molecule has 10 heteroatoms. The normalized spacial score (nSPS) is 19.5. The van der Waals surface area contributed by atoms with E-state index in [1.165, 1.54) is 16.2 Å². The monoisotopic (exact) mass is 413 g/mol. The molecule has 1 unspecified atom stereocenters. The molecule has 154 valence electrons. The first kappa shape index (κ1) is 18.7. The number of alkyl halides is 3. The van der Waals surface area contributed by atoms with Gasteiger partial charge in [0.05, 0.1) is 18.9 Å². The Kier molecular flexibility index (Phi) is 4.48. The summed E-state index contributed by atoms with van der Waals surface area (Å²) in [6, 6.07) is 1.83. The van der Waals surface area contributed by atoms with Gasteiger partial charge in [0.15, 0.2) is 17.2 Å². The maximum Gasteiger partial charge on any atom is 0.434 e. The predicted octanol–water partition coefficient (Wildman–Crippen LogP) is 3.43. The summed E-state index contributed by atoms with van der Waals surface area (Å²) in [6.45, 7) is 2.43. The van der Waals surface area contributed by atoms with Crippen molar-refractivity contribution in [2.45, 2.75) is 19.0 Å². The zero-order chi connectivity index (χ0) is 20.7. The van der Waals surface area contributed by atoms with E-state index in [1.807, 2.05) is 12.3 Å². The standard InChI is InChI=1S/C20H18F3N7/c21-20(22,23)16-12-30-15(9-27-18(30)10-26-16)19-25-6-4-17(28-19)29-7-1-2-14(11-29)13-3-5-24-8-13/h3-4,6,8-10,12,14H,1-2,5,7,11H2. The number of aromatic nitrogens is 5. The molecule has 3 aromatic rings. The van der Waals surface area contributed by atoms with Gasteiger partial charge in [-0.05, 0) is 24.5 Å². The number of anilines is 1. The van der Waals surface area contributed by atoms with Crippen LogP contribution in [0.4, 0.5) is 19.0 Å². The molecule has 0 radical (unpaired) electrons. The van der Waals surface area contributed by atoms with Gasteiger partial charge in [0.25, 0.3) is 0 Å². The van der Waals surface area contributed by atoms with E-state index in [0.29, 0.717) is 23.1 Å². The minimum atomic E-state index is -4.54. The lowest BCUT2D eigenvalue weighted by molar-refractivity contribution is -0.141. The van der Waals surface area contributed by atoms with Crippen LogP contribution in [0, 0.1) is 5.92 Å². The van der Waals surface area contributed by atoms with E-state index < -0.39 is 11.9 Å². The Labute approximate surface area is 170 Å². The molecule has 2 aliphatic rings. The molecule has 0 saturated carbocycles. The average Bonchev–Trinajstić information content (AvgIpc) is 3.43. The summed E-state index contributed by atoms with van der Waals surface area (Å²) in [7, 11) is 0. The van der Waals surface area contributed by atoms with Crippen LogP contribution in [-0.2, 0) is 6.18 Å². The zero-order valence-corrected chi connectivity index (χ0v) is 15.9. The summed E-state index contributed by atoms with van der Waals surface area (Å²) in [5, 5.41) is 0. The van der Waals surface area contributed by atoms with Gasteiger partial charge in [0.1, 0.15) is 11.5 Å². The summed E-state index contributed by atoms with van der Waals surface area (Å²) in [4.78, 5) is 23.0. The molecule has 7 nitrogen and oxygen atoms in total. The molecular formula is C20H18F3N7. The number of piperidine rings is 1. The summed E-state index contributed by atoms with van der Waals surface area (Å²) in [5.74, 6) is 1.48. The summed E-state index contributed by atoms with van der Waals surface area (Å²) in [5.41, 5.74) is 0.968. The van der Waals surface area contributed by atoms with Crippen LogP contribution in [0.25, 0.3) is 17.2 Å². The van der Waals surface area contributed by atoms with Crippen molar-refractivity contribution in [3.63, 3.8) is 0 Å². The van der Waals surface area contributed by atoms with Gasteiger partial charge in [-0.25, -0.2) is 19.9 Å². The molecule has 0 bridgehead atoms. The molecule has 1 saturated heterocycles. The molecule has 30 heavy (non-hydrogen) atoms. The Balaban J connectivity index is 1.47. The molecule has 0 N–H and O–H groups in total. The maximum absolute atomic E-state index is 13.1. The van der Waals surface area contributed by atoms with E-state index in [0.717, 1.165) is 50.7 Å². The molecule has 1 atom stereocenters. The Morgan fingerprint density at radius 2 is 2.00 bits per heavy atom. The Hall–Kier alpha value is -3.30. The summed E-state index contributed by atoms with van der Waals surface area (Å²) < 4.78 is 40.6. The molecule has 5 heterocycles. The third kappa shape index (κ3) is 3.42. The van der Waals surface area contributed by atoms with Crippen molar-refractivity contribution >= 4 is 17.7 Å². The zero-order valence-electron chi connectivity index (χ0n) is 15.9. The van der Waals surface area contributed by atoms with E-state index in [1.54, 1.807) is 6.20 Å². The van der Waals surface area contributed by atoms with Gasteiger partial charge >= 0.3 is 6.18 Å². The number of fused-ring (bicyclic) bond motifs is 1. The van der Waals surface area contributed by atoms with Gasteiger partial charge in [-0.2, -0.15) is 13.2 Å². The van der Waals surface area contributed by atoms with Crippen LogP contribution >= 0.6 is 0 Å². The fourth-order valence-corrected chi connectivity index (χ4v) is 3.95. The molecule has 3 aromatic heterocycles. The summed E-state index contributed by atoms with van der Waals surface area (Å²) >= 11 is 0. The highest BCUT2D eigenvalue weighted by Crippen LogP contribution is 2.30. The Bertz CT molecular complexity index is 1150. The maximum atomic E-state index is 13.1. The van der Waals surface area contributed by atoms with Crippen LogP contribution in [0.5, 0.6) is 0 Å². The van der Waals surface area contributed by atoms with Crippen molar-refractivity contribution in [1.29, 1.82) is 0 Å². The highest BCUT2D eigenvalue weighted by molar-refractivity contribution is 5.81. The lowest BCUT2D eigenvalue weighted by atomic mass is 9.91. The minimum absolute atomic E-state index is 0.303. The number of hydrogen-bond donors (Lipinski definition) is 0. The third-order valence-corrected chi connectivity index (χ3v) is 5.45. The van der Waals surface area contributed by atoms with E-state index in [9.17, 15) is 13.2 Å². The van der Waals surface area contributed by atoms with Crippen molar-refractivity contribution < 1.29 is 13.2 Å². The Morgan fingerprint density at radius 3 is 2.80 bits per heavy atom. The van der Waals surface area contributed by atoms with Gasteiger partial charge in [-0.3, -0.25) is 9.39 Å². The minimum Gasteiger partial charge on any atom is -0.356 e. The van der Waals surface area contributed by atoms with Crippen LogP contribution in [0.15, 0.2) is 47.5 Å². The van der Waals surface area contributed by atoms with Gasteiger partial charge in [0, 0.05) is 37.6 Å². The fourth-order valence-electron chi connectivity index (χ4n) is 3.95. The van der Waals surface area contributed by atoms with Crippen LogP contribution in [-0.4, -0.2) is 50.2 Å². The molecule has 0 amide bonds. The second-order valence-corrected chi connectivity index (χ2v) is 7.36. The molecule has 0 aliphatic carbocycles. The molecule has 0 aromatic carbocycles. The van der Waals surface area contributed by atoms with Crippen molar-refractivity contribution in [3.05, 3.63) is 48.2 Å². The Morgan fingerprint density at radius 1 is 1.10 bits per heavy atom. The molecule has 5 rings (SSSR count). The molecular weight excluding hydrogens is 395 g/mol. The van der Waals surface area contributed by atoms with Crippen LogP contribution < -0.4 is 4.90 Å². The van der Waals surface area contributed by atoms with E-state index >= 15 is 0 Å². The number of halogens is 3. The fraction of sp³-hybridized carbons (Fsp3) is 0.350. The van der Waals surface area contributed by atoms with Crippen molar-refractivity contribution in [3.8, 4) is 11.5 Å². The first-order valence-electron chi connectivity index (χ1n) is 9.67. The van der Waals surface area contributed by atoms with E-state index in [2.05, 4.69) is 35.9 Å². The predicted molar refractivity (Wildman–Crippen MR) is 105 cm³/mol. The smallest absolute Gasteiger partial charge is 0.356 e. The van der Waals surface area contributed by atoms with E-state index in [-0.39, 0.29) is 0 Å². The van der Waals surface area contributed by atoms with Crippen molar-refractivity contribution in [2.24, 2.45) is 10.9 Å². The van der Waals surface area contributed by atoms with Crippen LogP contribution in [0.3, 0.4) is 0 Å². The number of aliphatic imine (C=N–C) groups is 1. The van der Waals surface area contributed by atoms with Gasteiger partial charge < -0.3 is 4.90 Å². The highest BCUT2D eigenvalue weighted by Gasteiger charge is 2.33. The molecule has 1 fully saturated rings. The third-order valence-electron chi connectivity index (χ3n) is 5.45. The SMILES string of the molecule is FC(F)(F)c1cn2c(-c3nccc(N4CCCC(C5=CCN=C5)C4)n3)cnc2cn1. The van der Waals surface area contributed by atoms with Crippen molar-refractivity contribution in [2.75, 3.05) is 24.5 Å². The number of rotatable bonds is 3. The molecule has 2 aliphatic heterocycles. The van der Waals surface area contributed by atoms with Crippen molar-refractivity contribution in [1.82, 2.24) is 24.3 Å². The van der Waals surface area contributed by atoms with Gasteiger partial charge in [-0.15, -0.1) is 0 Å². The van der Waals surface area contributed by atoms with Gasteiger partial charge in [-0.1, -0.05) is 6.08 Å². The number of nitrogens with zero attached hydrogens (tertiary/aromatic N) is 7. The number of hydrogen-bond acceptors (Lipinski definition) is 6.